The van der Waals surface area contributed by atoms with Crippen molar-refractivity contribution in [2.45, 2.75) is 12.5 Å². The molecule has 1 N–H and O–H groups in total. The van der Waals surface area contributed by atoms with E-state index in [2.05, 4.69) is 37.2 Å². The number of rotatable bonds is 2. The molecule has 3 rings (SSSR count). The molecule has 5 nitrogen and oxygen atoms in total. The number of anilines is 1. The number of nitro benzene ring substituents is 1. The van der Waals surface area contributed by atoms with Crippen LogP contribution in [0.3, 0.4) is 0 Å². The number of benzene rings is 2. The normalized spacial score (nSPS) is 16.8. The lowest BCUT2D eigenvalue weighted by Crippen LogP contribution is -2.23. The van der Waals surface area contributed by atoms with E-state index >= 15 is 0 Å². The molecular formula is C15H10Br2N2O3. The average molecular weight is 426 g/mol. The van der Waals surface area contributed by atoms with Gasteiger partial charge in [0.1, 0.15) is 0 Å². The summed E-state index contributed by atoms with van der Waals surface area (Å²) in [6.07, 6.45) is 0.313. The van der Waals surface area contributed by atoms with Crippen LogP contribution >= 0.6 is 31.9 Å². The van der Waals surface area contributed by atoms with E-state index in [1.165, 1.54) is 12.1 Å². The number of nitrogens with zero attached hydrogens (tertiary/aromatic N) is 1. The SMILES string of the molecule is O=C1CC(c2ccc([N+](=O)[O-])cc2)Nc2c(Br)cc(Br)cc21. The third kappa shape index (κ3) is 2.78. The Hall–Kier alpha value is -1.73. The minimum absolute atomic E-state index is 0.0383. The van der Waals surface area contributed by atoms with Crippen LogP contribution in [0.4, 0.5) is 11.4 Å². The largest absolute Gasteiger partial charge is 0.376 e. The molecule has 0 aliphatic carbocycles. The van der Waals surface area contributed by atoms with Gasteiger partial charge in [-0.1, -0.05) is 28.1 Å². The summed E-state index contributed by atoms with van der Waals surface area (Å²) in [5.74, 6) is 0.0408. The Labute approximate surface area is 143 Å². The molecule has 0 spiro atoms. The van der Waals surface area contributed by atoms with E-state index in [1.807, 2.05) is 6.07 Å². The van der Waals surface area contributed by atoms with E-state index in [-0.39, 0.29) is 17.5 Å². The van der Waals surface area contributed by atoms with Crippen LogP contribution in [0.2, 0.25) is 0 Å². The molecule has 0 fully saturated rings. The zero-order valence-corrected chi connectivity index (χ0v) is 14.3. The van der Waals surface area contributed by atoms with Crippen LogP contribution in [0.5, 0.6) is 0 Å². The number of fused-ring (bicyclic) bond motifs is 1. The number of Topliss-reactive ketones (excluding diaryl/α,β-unsaturated/α-hetero) is 1. The Balaban J connectivity index is 1.95. The molecule has 0 aromatic heterocycles. The highest BCUT2D eigenvalue weighted by molar-refractivity contribution is 9.11. The first-order chi connectivity index (χ1) is 10.5. The molecule has 2 aromatic carbocycles. The summed E-state index contributed by atoms with van der Waals surface area (Å²) in [4.78, 5) is 22.6. The van der Waals surface area contributed by atoms with Gasteiger partial charge in [0.25, 0.3) is 5.69 Å². The highest BCUT2D eigenvalue weighted by Crippen LogP contribution is 2.39. The maximum absolute atomic E-state index is 12.4. The lowest BCUT2D eigenvalue weighted by Gasteiger charge is -2.27. The summed E-state index contributed by atoms with van der Waals surface area (Å²) in [5.41, 5.74) is 2.28. The fourth-order valence-corrected chi connectivity index (χ4v) is 3.83. The number of hydrogen-bond donors (Lipinski definition) is 1. The molecule has 1 aliphatic rings. The molecule has 1 aliphatic heterocycles. The number of non-ortho nitro benzene ring substituents is 1. The van der Waals surface area contributed by atoms with E-state index in [0.717, 1.165) is 20.2 Å². The number of carbonyl (C=O) groups excluding carboxylic acids is 1. The van der Waals surface area contributed by atoms with Crippen LogP contribution in [0.25, 0.3) is 0 Å². The molecule has 22 heavy (non-hydrogen) atoms. The van der Waals surface area contributed by atoms with Crippen molar-refractivity contribution in [2.24, 2.45) is 0 Å². The molecular weight excluding hydrogens is 416 g/mol. The van der Waals surface area contributed by atoms with Gasteiger partial charge >= 0.3 is 0 Å². The van der Waals surface area contributed by atoms with Crippen LogP contribution in [0, 0.1) is 10.1 Å². The molecule has 0 radical (unpaired) electrons. The second-order valence-electron chi connectivity index (χ2n) is 4.98. The fourth-order valence-electron chi connectivity index (χ4n) is 2.49. The van der Waals surface area contributed by atoms with Gasteiger partial charge < -0.3 is 5.32 Å². The first-order valence-corrected chi connectivity index (χ1v) is 8.07. The van der Waals surface area contributed by atoms with Crippen molar-refractivity contribution in [2.75, 3.05) is 5.32 Å². The molecule has 0 bridgehead atoms. The first kappa shape index (κ1) is 15.2. The van der Waals surface area contributed by atoms with Crippen molar-refractivity contribution < 1.29 is 9.72 Å². The third-order valence-electron chi connectivity index (χ3n) is 3.57. The zero-order chi connectivity index (χ0) is 15.9. The molecule has 2 aromatic rings. The topological polar surface area (TPSA) is 72.2 Å². The van der Waals surface area contributed by atoms with Gasteiger partial charge in [-0.05, 0) is 33.6 Å². The molecule has 1 heterocycles. The van der Waals surface area contributed by atoms with E-state index in [4.69, 9.17) is 0 Å². The molecule has 0 saturated carbocycles. The minimum atomic E-state index is -0.438. The highest BCUT2D eigenvalue weighted by atomic mass is 79.9. The van der Waals surface area contributed by atoms with Crippen molar-refractivity contribution in [3.8, 4) is 0 Å². The van der Waals surface area contributed by atoms with Gasteiger partial charge in [0, 0.05) is 33.1 Å². The Morgan fingerprint density at radius 1 is 1.18 bits per heavy atom. The van der Waals surface area contributed by atoms with Crippen LogP contribution < -0.4 is 5.32 Å². The van der Waals surface area contributed by atoms with Crippen molar-refractivity contribution >= 4 is 49.0 Å². The first-order valence-electron chi connectivity index (χ1n) is 6.49. The molecule has 112 valence electrons. The van der Waals surface area contributed by atoms with Crippen LogP contribution in [0.15, 0.2) is 45.3 Å². The van der Waals surface area contributed by atoms with Crippen molar-refractivity contribution in [1.82, 2.24) is 0 Å². The second-order valence-corrected chi connectivity index (χ2v) is 6.75. The maximum Gasteiger partial charge on any atom is 0.269 e. The molecule has 0 saturated heterocycles. The lowest BCUT2D eigenvalue weighted by atomic mass is 9.92. The average Bonchev–Trinajstić information content (AvgIpc) is 2.48. The summed E-state index contributed by atoms with van der Waals surface area (Å²) in [5, 5.41) is 14.0. The summed E-state index contributed by atoms with van der Waals surface area (Å²) < 4.78 is 1.64. The number of ketones is 1. The van der Waals surface area contributed by atoms with Crippen LogP contribution in [-0.4, -0.2) is 10.7 Å². The predicted molar refractivity (Wildman–Crippen MR) is 90.2 cm³/mol. The van der Waals surface area contributed by atoms with Crippen LogP contribution in [-0.2, 0) is 0 Å². The molecule has 1 atom stereocenters. The van der Waals surface area contributed by atoms with Gasteiger partial charge in [0.2, 0.25) is 0 Å². The quantitative estimate of drug-likeness (QED) is 0.550. The lowest BCUT2D eigenvalue weighted by molar-refractivity contribution is -0.384. The zero-order valence-electron chi connectivity index (χ0n) is 11.2. The minimum Gasteiger partial charge on any atom is -0.376 e. The monoisotopic (exact) mass is 424 g/mol. The summed E-state index contributed by atoms with van der Waals surface area (Å²) in [7, 11) is 0. The number of carbonyl (C=O) groups is 1. The maximum atomic E-state index is 12.4. The van der Waals surface area contributed by atoms with Gasteiger partial charge in [0.05, 0.1) is 16.7 Å². The van der Waals surface area contributed by atoms with Gasteiger partial charge in [-0.3, -0.25) is 14.9 Å². The van der Waals surface area contributed by atoms with E-state index < -0.39 is 4.92 Å². The van der Waals surface area contributed by atoms with Gasteiger partial charge in [-0.25, -0.2) is 0 Å². The number of hydrogen-bond acceptors (Lipinski definition) is 4. The highest BCUT2D eigenvalue weighted by Gasteiger charge is 2.27. The molecule has 1 unspecified atom stereocenters. The molecule has 0 amide bonds. The number of halogens is 2. The Morgan fingerprint density at radius 2 is 1.86 bits per heavy atom. The smallest absolute Gasteiger partial charge is 0.269 e. The van der Waals surface area contributed by atoms with Gasteiger partial charge in [-0.2, -0.15) is 0 Å². The standard InChI is InChI=1S/C15H10Br2N2O3/c16-9-5-11-14(20)7-13(18-15(11)12(17)6-9)8-1-3-10(4-2-8)19(21)22/h1-6,13,18H,7H2. The predicted octanol–water partition coefficient (Wildman–Crippen LogP) is 4.86. The Morgan fingerprint density at radius 3 is 2.50 bits per heavy atom. The van der Waals surface area contributed by atoms with Crippen LogP contribution in [0.1, 0.15) is 28.4 Å². The molecule has 7 heteroatoms. The van der Waals surface area contributed by atoms with Crippen molar-refractivity contribution in [1.29, 1.82) is 0 Å². The Bertz CT molecular complexity index is 775. The number of nitro groups is 1. The van der Waals surface area contributed by atoms with Crippen molar-refractivity contribution in [3.05, 3.63) is 66.6 Å². The van der Waals surface area contributed by atoms with Gasteiger partial charge in [-0.15, -0.1) is 0 Å². The summed E-state index contributed by atoms with van der Waals surface area (Å²) in [6, 6.07) is 9.74. The number of nitrogens with one attached hydrogen (secondary N) is 1. The fraction of sp³-hybridized carbons (Fsp3) is 0.133. The third-order valence-corrected chi connectivity index (χ3v) is 4.65. The van der Waals surface area contributed by atoms with E-state index in [1.54, 1.807) is 18.2 Å². The summed E-state index contributed by atoms with van der Waals surface area (Å²) >= 11 is 6.83. The van der Waals surface area contributed by atoms with E-state index in [9.17, 15) is 14.9 Å². The Kier molecular flexibility index (Phi) is 4.01. The van der Waals surface area contributed by atoms with Crippen molar-refractivity contribution in [3.63, 3.8) is 0 Å². The van der Waals surface area contributed by atoms with Gasteiger partial charge in [0.15, 0.2) is 5.78 Å². The summed E-state index contributed by atoms with van der Waals surface area (Å²) in [6.45, 7) is 0. The van der Waals surface area contributed by atoms with E-state index in [0.29, 0.717) is 12.0 Å². The second kappa shape index (κ2) is 5.81.